The zero-order valence-corrected chi connectivity index (χ0v) is 30.7. The SMILES string of the molecule is CCC[CH2][Sn]([CH2]CCC)([CH2]CCC)[c]1cc2c(c[c]1[Sn]([CH2]CCC)([CH2]CCC)[CH2]CCC)CCC2. The van der Waals surface area contributed by atoms with Gasteiger partial charge >= 0.3 is 232 Å². The summed E-state index contributed by atoms with van der Waals surface area (Å²) in [4.78, 5) is 0. The average molecular weight is 696 g/mol. The molecule has 0 unspecified atom stereocenters. The summed E-state index contributed by atoms with van der Waals surface area (Å²) in [6, 6.07) is 5.93. The predicted octanol–water partition coefficient (Wildman–Crippen LogP) is 10.3. The number of aryl methyl sites for hydroxylation is 2. The Morgan fingerprint density at radius 2 is 0.714 bits per heavy atom. The topological polar surface area (TPSA) is 0 Å². The van der Waals surface area contributed by atoms with Gasteiger partial charge in [-0.1, -0.05) is 0 Å². The summed E-state index contributed by atoms with van der Waals surface area (Å²) in [6.45, 7) is 14.7. The molecule has 0 aromatic heterocycles. The van der Waals surface area contributed by atoms with Crippen LogP contribution in [0.25, 0.3) is 0 Å². The number of fused-ring (bicyclic) bond motifs is 1. The molecule has 0 saturated carbocycles. The molecule has 0 saturated heterocycles. The molecule has 0 atom stereocenters. The first-order chi connectivity index (χ1) is 17.1. The van der Waals surface area contributed by atoms with E-state index in [1.54, 1.807) is 37.7 Å². The predicted molar refractivity (Wildman–Crippen MR) is 168 cm³/mol. The number of rotatable bonds is 20. The summed E-state index contributed by atoms with van der Waals surface area (Å²) < 4.78 is 14.2. The van der Waals surface area contributed by atoms with Crippen molar-refractivity contribution in [2.45, 2.75) is 164 Å². The van der Waals surface area contributed by atoms with Crippen LogP contribution in [0.2, 0.25) is 26.6 Å². The summed E-state index contributed by atoms with van der Waals surface area (Å²) in [5.41, 5.74) is 3.60. The molecule has 1 aromatic rings. The van der Waals surface area contributed by atoms with Crippen molar-refractivity contribution < 1.29 is 0 Å². The van der Waals surface area contributed by atoms with Gasteiger partial charge in [0.1, 0.15) is 0 Å². The summed E-state index contributed by atoms with van der Waals surface area (Å²) in [5.74, 6) is 0. The van der Waals surface area contributed by atoms with E-state index in [1.165, 1.54) is 96.3 Å². The van der Waals surface area contributed by atoms with Crippen molar-refractivity contribution in [3.05, 3.63) is 23.3 Å². The van der Waals surface area contributed by atoms with E-state index in [1.807, 2.05) is 0 Å². The molecule has 2 rings (SSSR count). The van der Waals surface area contributed by atoms with Crippen molar-refractivity contribution in [1.82, 2.24) is 0 Å². The standard InChI is InChI=1S/C9H8.6C4H9.2Sn/c1-2-5-9-7-3-6-8(9)4-1;6*1-3-4-2;;/h4-5H,3,6-7H2;6*1,3-4H2,2H3;;. The summed E-state index contributed by atoms with van der Waals surface area (Å²) >= 11 is -4.98. The van der Waals surface area contributed by atoms with Crippen LogP contribution in [0.15, 0.2) is 12.1 Å². The molecule has 0 fully saturated rings. The van der Waals surface area contributed by atoms with E-state index in [2.05, 4.69) is 60.8 Å². The van der Waals surface area contributed by atoms with Gasteiger partial charge in [0.05, 0.1) is 0 Å². The molecule has 202 valence electrons. The van der Waals surface area contributed by atoms with Gasteiger partial charge in [0.2, 0.25) is 0 Å². The van der Waals surface area contributed by atoms with Crippen molar-refractivity contribution in [3.63, 3.8) is 0 Å². The third kappa shape index (κ3) is 8.93. The molecule has 0 aliphatic heterocycles. The molecule has 0 N–H and O–H groups in total. The Hall–Kier alpha value is 0.817. The zero-order valence-electron chi connectivity index (χ0n) is 25.0. The quantitative estimate of drug-likeness (QED) is 0.119. The van der Waals surface area contributed by atoms with Gasteiger partial charge < -0.3 is 0 Å². The number of hydrogen-bond acceptors (Lipinski definition) is 0. The Labute approximate surface area is 230 Å². The zero-order chi connectivity index (χ0) is 25.6. The van der Waals surface area contributed by atoms with Gasteiger partial charge in [-0.05, 0) is 0 Å². The van der Waals surface area contributed by atoms with Crippen LogP contribution >= 0.6 is 0 Å². The van der Waals surface area contributed by atoms with E-state index >= 15 is 0 Å². The molecule has 2 heteroatoms. The maximum atomic E-state index is 2.96. The summed E-state index contributed by atoms with van der Waals surface area (Å²) in [5, 5.41) is 0. The van der Waals surface area contributed by atoms with Crippen LogP contribution in [-0.2, 0) is 12.8 Å². The third-order valence-electron chi connectivity index (χ3n) is 9.43. The van der Waals surface area contributed by atoms with Gasteiger partial charge in [0, 0.05) is 0 Å². The fourth-order valence-corrected chi connectivity index (χ4v) is 50.3. The molecule has 0 spiro atoms. The van der Waals surface area contributed by atoms with Crippen LogP contribution in [0.4, 0.5) is 0 Å². The first kappa shape index (κ1) is 32.0. The fraction of sp³-hybridized carbons (Fsp3) is 0.818. The van der Waals surface area contributed by atoms with Gasteiger partial charge in [0.15, 0.2) is 0 Å². The number of unbranched alkanes of at least 4 members (excludes halogenated alkanes) is 6. The first-order valence-corrected chi connectivity index (χ1v) is 31.2. The van der Waals surface area contributed by atoms with Gasteiger partial charge in [-0.2, -0.15) is 0 Å². The molecule has 0 heterocycles. The van der Waals surface area contributed by atoms with Crippen molar-refractivity contribution in [2.24, 2.45) is 0 Å². The third-order valence-corrected chi connectivity index (χ3v) is 42.8. The fourth-order valence-electron chi connectivity index (χ4n) is 7.15. The van der Waals surface area contributed by atoms with Crippen molar-refractivity contribution in [3.8, 4) is 0 Å². The van der Waals surface area contributed by atoms with E-state index in [-0.39, 0.29) is 0 Å². The van der Waals surface area contributed by atoms with Crippen LogP contribution in [0, 0.1) is 0 Å². The molecular formula is C33H62Sn2. The molecule has 0 radical (unpaired) electrons. The van der Waals surface area contributed by atoms with E-state index < -0.39 is 36.8 Å². The van der Waals surface area contributed by atoms with Crippen molar-refractivity contribution in [2.75, 3.05) is 0 Å². The van der Waals surface area contributed by atoms with Gasteiger partial charge in [-0.15, -0.1) is 0 Å². The average Bonchev–Trinajstić information content (AvgIpc) is 3.35. The van der Waals surface area contributed by atoms with E-state index in [4.69, 9.17) is 0 Å². The summed E-state index contributed by atoms with van der Waals surface area (Å²) in [6.07, 6.45) is 21.6. The normalized spacial score (nSPS) is 14.0. The molecule has 0 bridgehead atoms. The van der Waals surface area contributed by atoms with Gasteiger partial charge in [-0.3, -0.25) is 0 Å². The molecule has 1 aliphatic carbocycles. The molecule has 1 aliphatic rings. The van der Waals surface area contributed by atoms with Crippen LogP contribution in [0.1, 0.15) is 136 Å². The van der Waals surface area contributed by atoms with Crippen LogP contribution in [0.3, 0.4) is 0 Å². The Morgan fingerprint density at radius 3 is 0.943 bits per heavy atom. The second-order valence-electron chi connectivity index (χ2n) is 12.2. The van der Waals surface area contributed by atoms with Crippen LogP contribution in [0.5, 0.6) is 0 Å². The maximum absolute atomic E-state index is 2.96. The monoisotopic (exact) mass is 698 g/mol. The van der Waals surface area contributed by atoms with Crippen LogP contribution < -0.4 is 7.16 Å². The minimum absolute atomic E-state index is 1.38. The molecule has 0 nitrogen and oxygen atoms in total. The Kier molecular flexibility index (Phi) is 15.9. The van der Waals surface area contributed by atoms with Gasteiger partial charge in [-0.25, -0.2) is 0 Å². The summed E-state index contributed by atoms with van der Waals surface area (Å²) in [7, 11) is 0. The van der Waals surface area contributed by atoms with Crippen molar-refractivity contribution >= 4 is 43.9 Å². The Bertz CT molecular complexity index is 605. The second kappa shape index (κ2) is 17.4. The first-order valence-electron chi connectivity index (χ1n) is 16.2. The molecule has 35 heavy (non-hydrogen) atoms. The van der Waals surface area contributed by atoms with E-state index in [9.17, 15) is 0 Å². The van der Waals surface area contributed by atoms with E-state index in [0.717, 1.165) is 0 Å². The molecule has 1 aromatic carbocycles. The van der Waals surface area contributed by atoms with Crippen LogP contribution in [-0.4, -0.2) is 36.8 Å². The Balaban J connectivity index is 2.79. The van der Waals surface area contributed by atoms with Gasteiger partial charge in [0.25, 0.3) is 0 Å². The number of benzene rings is 1. The Morgan fingerprint density at radius 1 is 0.457 bits per heavy atom. The van der Waals surface area contributed by atoms with E-state index in [0.29, 0.717) is 0 Å². The number of hydrogen-bond donors (Lipinski definition) is 0. The minimum atomic E-state index is -2.49. The van der Waals surface area contributed by atoms with Crippen molar-refractivity contribution in [1.29, 1.82) is 0 Å². The second-order valence-corrected chi connectivity index (χ2v) is 38.5. The molecular weight excluding hydrogens is 634 g/mol. The molecule has 0 amide bonds.